The number of thioether (sulfide) groups is 1. The Labute approximate surface area is 187 Å². The molecule has 0 amide bonds. The highest BCUT2D eigenvalue weighted by Gasteiger charge is 2.19. The third kappa shape index (κ3) is 4.44. The SMILES string of the molecule is COc1cc(OC)cc(-c2nnc(SCc3ccccc3C)n2-c2ccccc2C)c1. The molecule has 0 spiro atoms. The van der Waals surface area contributed by atoms with Gasteiger partial charge in [0, 0.05) is 17.4 Å². The highest BCUT2D eigenvalue weighted by atomic mass is 32.2. The van der Waals surface area contributed by atoms with Crippen molar-refractivity contribution in [2.75, 3.05) is 14.2 Å². The van der Waals surface area contributed by atoms with Crippen molar-refractivity contribution >= 4 is 11.8 Å². The second-order valence-electron chi connectivity index (χ2n) is 7.24. The fraction of sp³-hybridized carbons (Fsp3) is 0.200. The molecule has 1 aromatic heterocycles. The molecule has 0 aliphatic heterocycles. The van der Waals surface area contributed by atoms with E-state index in [1.54, 1.807) is 26.0 Å². The Bertz CT molecular complexity index is 1180. The van der Waals surface area contributed by atoms with Crippen LogP contribution in [-0.2, 0) is 5.75 Å². The first kappa shape index (κ1) is 21.0. The second-order valence-corrected chi connectivity index (χ2v) is 8.19. The van der Waals surface area contributed by atoms with Crippen LogP contribution in [0.1, 0.15) is 16.7 Å². The van der Waals surface area contributed by atoms with E-state index in [0.29, 0.717) is 11.5 Å². The van der Waals surface area contributed by atoms with Gasteiger partial charge < -0.3 is 9.47 Å². The Morgan fingerprint density at radius 1 is 0.806 bits per heavy atom. The minimum absolute atomic E-state index is 0.711. The van der Waals surface area contributed by atoms with Gasteiger partial charge in [0.1, 0.15) is 11.5 Å². The van der Waals surface area contributed by atoms with Crippen LogP contribution in [0.2, 0.25) is 0 Å². The highest BCUT2D eigenvalue weighted by Crippen LogP contribution is 2.34. The van der Waals surface area contributed by atoms with E-state index in [1.165, 1.54) is 11.1 Å². The van der Waals surface area contributed by atoms with E-state index in [4.69, 9.17) is 9.47 Å². The molecule has 158 valence electrons. The highest BCUT2D eigenvalue weighted by molar-refractivity contribution is 7.98. The van der Waals surface area contributed by atoms with Crippen LogP contribution in [0.15, 0.2) is 71.9 Å². The van der Waals surface area contributed by atoms with Gasteiger partial charge in [-0.2, -0.15) is 0 Å². The molecule has 0 aliphatic rings. The summed E-state index contributed by atoms with van der Waals surface area (Å²) in [7, 11) is 3.29. The van der Waals surface area contributed by atoms with Crippen LogP contribution in [-0.4, -0.2) is 29.0 Å². The van der Waals surface area contributed by atoms with Crippen LogP contribution in [0, 0.1) is 13.8 Å². The van der Waals surface area contributed by atoms with Crippen LogP contribution in [0.3, 0.4) is 0 Å². The molecule has 1 heterocycles. The lowest BCUT2D eigenvalue weighted by Crippen LogP contribution is -2.02. The maximum Gasteiger partial charge on any atom is 0.196 e. The summed E-state index contributed by atoms with van der Waals surface area (Å²) in [4.78, 5) is 0. The van der Waals surface area contributed by atoms with Gasteiger partial charge in [-0.05, 0) is 48.7 Å². The minimum Gasteiger partial charge on any atom is -0.497 e. The molecule has 0 bridgehead atoms. The molecule has 0 aliphatic carbocycles. The lowest BCUT2D eigenvalue weighted by Gasteiger charge is -2.14. The van der Waals surface area contributed by atoms with Crippen molar-refractivity contribution in [3.8, 4) is 28.6 Å². The van der Waals surface area contributed by atoms with E-state index in [9.17, 15) is 0 Å². The average Bonchev–Trinajstić information content (AvgIpc) is 3.22. The smallest absolute Gasteiger partial charge is 0.196 e. The number of methoxy groups -OCH3 is 2. The molecule has 31 heavy (non-hydrogen) atoms. The third-order valence-corrected chi connectivity index (χ3v) is 6.20. The van der Waals surface area contributed by atoms with Gasteiger partial charge in [-0.3, -0.25) is 4.57 Å². The average molecular weight is 432 g/mol. The molecule has 0 saturated carbocycles. The van der Waals surface area contributed by atoms with E-state index >= 15 is 0 Å². The molecule has 0 atom stereocenters. The zero-order valence-electron chi connectivity index (χ0n) is 18.1. The summed E-state index contributed by atoms with van der Waals surface area (Å²) in [5, 5.41) is 9.97. The van der Waals surface area contributed by atoms with E-state index in [0.717, 1.165) is 33.5 Å². The third-order valence-electron chi connectivity index (χ3n) is 5.22. The fourth-order valence-electron chi connectivity index (χ4n) is 3.43. The summed E-state index contributed by atoms with van der Waals surface area (Å²) in [5.41, 5.74) is 5.65. The molecule has 6 heteroatoms. The lowest BCUT2D eigenvalue weighted by atomic mass is 10.1. The number of ether oxygens (including phenoxy) is 2. The van der Waals surface area contributed by atoms with Crippen LogP contribution in [0.5, 0.6) is 11.5 Å². The van der Waals surface area contributed by atoms with Gasteiger partial charge in [0.05, 0.1) is 19.9 Å². The van der Waals surface area contributed by atoms with Crippen molar-refractivity contribution in [2.45, 2.75) is 24.8 Å². The summed E-state index contributed by atoms with van der Waals surface area (Å²) in [6.45, 7) is 4.23. The van der Waals surface area contributed by atoms with E-state index in [-0.39, 0.29) is 0 Å². The number of hydrogen-bond acceptors (Lipinski definition) is 5. The van der Waals surface area contributed by atoms with Crippen molar-refractivity contribution in [3.63, 3.8) is 0 Å². The number of aromatic nitrogens is 3. The monoisotopic (exact) mass is 431 g/mol. The van der Waals surface area contributed by atoms with Crippen molar-refractivity contribution in [2.24, 2.45) is 0 Å². The first-order valence-electron chi connectivity index (χ1n) is 10.0. The summed E-state index contributed by atoms with van der Waals surface area (Å²) in [5.74, 6) is 2.99. The quantitative estimate of drug-likeness (QED) is 0.343. The van der Waals surface area contributed by atoms with Crippen LogP contribution >= 0.6 is 11.8 Å². The number of benzene rings is 3. The molecular weight excluding hydrogens is 406 g/mol. The molecule has 3 aromatic carbocycles. The van der Waals surface area contributed by atoms with Gasteiger partial charge in [0.15, 0.2) is 11.0 Å². The van der Waals surface area contributed by atoms with Gasteiger partial charge in [0.25, 0.3) is 0 Å². The molecule has 0 saturated heterocycles. The molecule has 4 aromatic rings. The molecule has 0 radical (unpaired) electrons. The number of nitrogens with zero attached hydrogens (tertiary/aromatic N) is 3. The molecular formula is C25H25N3O2S. The minimum atomic E-state index is 0.711. The zero-order valence-corrected chi connectivity index (χ0v) is 18.9. The van der Waals surface area contributed by atoms with E-state index in [2.05, 4.69) is 65.0 Å². The second kappa shape index (κ2) is 9.27. The Morgan fingerprint density at radius 2 is 1.45 bits per heavy atom. The van der Waals surface area contributed by atoms with Crippen molar-refractivity contribution < 1.29 is 9.47 Å². The Hall–Kier alpha value is -3.25. The first-order chi connectivity index (χ1) is 15.1. The molecule has 0 N–H and O–H groups in total. The maximum absolute atomic E-state index is 5.47. The van der Waals surface area contributed by atoms with Crippen LogP contribution in [0.25, 0.3) is 17.1 Å². The maximum atomic E-state index is 5.47. The summed E-state index contributed by atoms with van der Waals surface area (Å²) in [6.07, 6.45) is 0. The predicted octanol–water partition coefficient (Wildman–Crippen LogP) is 5.86. The normalized spacial score (nSPS) is 10.8. The number of aryl methyl sites for hydroxylation is 2. The summed E-state index contributed by atoms with van der Waals surface area (Å²) in [6, 6.07) is 22.5. The number of para-hydroxylation sites is 1. The van der Waals surface area contributed by atoms with Crippen LogP contribution < -0.4 is 9.47 Å². The van der Waals surface area contributed by atoms with Crippen LogP contribution in [0.4, 0.5) is 0 Å². The Balaban J connectivity index is 1.82. The number of rotatable bonds is 7. The predicted molar refractivity (Wildman–Crippen MR) is 125 cm³/mol. The van der Waals surface area contributed by atoms with Gasteiger partial charge in [-0.1, -0.05) is 54.2 Å². The van der Waals surface area contributed by atoms with Gasteiger partial charge >= 0.3 is 0 Å². The fourth-order valence-corrected chi connectivity index (χ4v) is 4.45. The van der Waals surface area contributed by atoms with Gasteiger partial charge in [-0.25, -0.2) is 0 Å². The topological polar surface area (TPSA) is 49.2 Å². The lowest BCUT2D eigenvalue weighted by molar-refractivity contribution is 0.394. The van der Waals surface area contributed by atoms with E-state index in [1.807, 2.05) is 30.3 Å². The van der Waals surface area contributed by atoms with Crippen molar-refractivity contribution in [3.05, 3.63) is 83.4 Å². The summed E-state index contributed by atoms with van der Waals surface area (Å²) < 4.78 is 13.1. The van der Waals surface area contributed by atoms with Gasteiger partial charge in [-0.15, -0.1) is 10.2 Å². The van der Waals surface area contributed by atoms with Crippen molar-refractivity contribution in [1.82, 2.24) is 14.8 Å². The van der Waals surface area contributed by atoms with E-state index < -0.39 is 0 Å². The van der Waals surface area contributed by atoms with Crippen molar-refractivity contribution in [1.29, 1.82) is 0 Å². The standard InChI is InChI=1S/C25H25N3O2S/c1-17-9-5-7-11-19(17)16-31-25-27-26-24(28(25)23-12-8-6-10-18(23)2)20-13-21(29-3)15-22(14-20)30-4/h5-15H,16H2,1-4H3. The van der Waals surface area contributed by atoms with Gasteiger partial charge in [0.2, 0.25) is 0 Å². The Kier molecular flexibility index (Phi) is 6.28. The molecule has 4 rings (SSSR count). The molecule has 5 nitrogen and oxygen atoms in total. The number of hydrogen-bond donors (Lipinski definition) is 0. The first-order valence-corrected chi connectivity index (χ1v) is 11.0. The Morgan fingerprint density at radius 3 is 2.10 bits per heavy atom. The summed E-state index contributed by atoms with van der Waals surface area (Å²) >= 11 is 1.68. The zero-order chi connectivity index (χ0) is 21.8. The molecule has 0 unspecified atom stereocenters. The molecule has 0 fully saturated rings. The largest absolute Gasteiger partial charge is 0.497 e.